The third-order valence-corrected chi connectivity index (χ3v) is 5.35. The average molecular weight is 516 g/mol. The lowest BCUT2D eigenvalue weighted by Gasteiger charge is -2.19. The lowest BCUT2D eigenvalue weighted by molar-refractivity contribution is 0.0963. The quantitative estimate of drug-likeness (QED) is 0.256. The van der Waals surface area contributed by atoms with Gasteiger partial charge in [-0.2, -0.15) is 13.8 Å². The molecule has 0 bridgehead atoms. The molecular formula is C23H20ClF2N7O3. The first-order valence-corrected chi connectivity index (χ1v) is 11.0. The van der Waals surface area contributed by atoms with E-state index in [9.17, 15) is 18.7 Å². The lowest BCUT2D eigenvalue weighted by Crippen LogP contribution is -2.18. The van der Waals surface area contributed by atoms with Gasteiger partial charge < -0.3 is 25.5 Å². The maximum Gasteiger partial charge on any atom is 0.314 e. The zero-order valence-electron chi connectivity index (χ0n) is 18.7. The van der Waals surface area contributed by atoms with E-state index in [1.807, 2.05) is 30.3 Å². The van der Waals surface area contributed by atoms with Gasteiger partial charge in [0, 0.05) is 18.9 Å². The zero-order valence-corrected chi connectivity index (χ0v) is 19.5. The highest BCUT2D eigenvalue weighted by atomic mass is 35.5. The van der Waals surface area contributed by atoms with E-state index in [4.69, 9.17) is 16.0 Å². The van der Waals surface area contributed by atoms with Gasteiger partial charge in [-0.1, -0.05) is 41.9 Å². The Labute approximate surface area is 208 Å². The summed E-state index contributed by atoms with van der Waals surface area (Å²) in [4.78, 5) is 20.5. The minimum absolute atomic E-state index is 0.114. The van der Waals surface area contributed by atoms with Crippen LogP contribution in [0.3, 0.4) is 0 Å². The van der Waals surface area contributed by atoms with Crippen molar-refractivity contribution < 1.29 is 23.1 Å². The van der Waals surface area contributed by atoms with E-state index < -0.39 is 18.4 Å². The summed E-state index contributed by atoms with van der Waals surface area (Å²) in [5, 5.41) is 25.8. The highest BCUT2D eigenvalue weighted by molar-refractivity contribution is 6.34. The lowest BCUT2D eigenvalue weighted by atomic mass is 10.1. The summed E-state index contributed by atoms with van der Waals surface area (Å²) in [6.07, 6.45) is -1.62. The summed E-state index contributed by atoms with van der Waals surface area (Å²) in [6.45, 7) is -0.293. The maximum absolute atomic E-state index is 13.0. The number of halogens is 3. The molecule has 186 valence electrons. The number of amides is 1. The molecule has 0 aliphatic carbocycles. The highest BCUT2D eigenvalue weighted by Gasteiger charge is 2.22. The van der Waals surface area contributed by atoms with Crippen molar-refractivity contribution in [3.05, 3.63) is 76.8 Å². The summed E-state index contributed by atoms with van der Waals surface area (Å²) >= 11 is 6.22. The Morgan fingerprint density at radius 1 is 1.17 bits per heavy atom. The Morgan fingerprint density at radius 3 is 2.58 bits per heavy atom. The Hall–Kier alpha value is -4.16. The van der Waals surface area contributed by atoms with Crippen LogP contribution in [0.25, 0.3) is 11.5 Å². The maximum atomic E-state index is 13.0. The minimum atomic E-state index is -2.94. The first kappa shape index (κ1) is 24.9. The van der Waals surface area contributed by atoms with Crippen LogP contribution in [-0.4, -0.2) is 44.8 Å². The van der Waals surface area contributed by atoms with Gasteiger partial charge >= 0.3 is 6.43 Å². The first-order chi connectivity index (χ1) is 17.4. The molecule has 0 saturated carbocycles. The number of aliphatic hydroxyl groups excluding tert-OH is 1. The van der Waals surface area contributed by atoms with Gasteiger partial charge in [0.1, 0.15) is 5.82 Å². The van der Waals surface area contributed by atoms with Crippen LogP contribution in [0.2, 0.25) is 5.02 Å². The van der Waals surface area contributed by atoms with Gasteiger partial charge in [0.25, 0.3) is 17.7 Å². The molecule has 0 aliphatic rings. The fraction of sp³-hybridized carbons (Fsp3) is 0.174. The predicted octanol–water partition coefficient (Wildman–Crippen LogP) is 4.37. The Kier molecular flexibility index (Phi) is 7.66. The second-order valence-corrected chi connectivity index (χ2v) is 7.80. The zero-order chi connectivity index (χ0) is 25.7. The molecule has 1 atom stereocenters. The second kappa shape index (κ2) is 11.1. The van der Waals surface area contributed by atoms with E-state index in [2.05, 4.69) is 36.1 Å². The van der Waals surface area contributed by atoms with Crippen molar-refractivity contribution in [2.75, 3.05) is 24.3 Å². The van der Waals surface area contributed by atoms with Crippen LogP contribution < -0.4 is 16.0 Å². The van der Waals surface area contributed by atoms with Crippen LogP contribution in [-0.2, 0) is 0 Å². The van der Waals surface area contributed by atoms with Crippen molar-refractivity contribution in [1.82, 2.24) is 25.5 Å². The molecule has 4 N–H and O–H groups in total. The van der Waals surface area contributed by atoms with E-state index >= 15 is 0 Å². The topological polar surface area (TPSA) is 138 Å². The predicted molar refractivity (Wildman–Crippen MR) is 128 cm³/mol. The molecule has 0 unspecified atom stereocenters. The van der Waals surface area contributed by atoms with Crippen molar-refractivity contribution in [2.45, 2.75) is 12.5 Å². The molecule has 10 nitrogen and oxygen atoms in total. The monoisotopic (exact) mass is 515 g/mol. The smallest absolute Gasteiger partial charge is 0.314 e. The van der Waals surface area contributed by atoms with E-state index in [1.54, 1.807) is 12.1 Å². The van der Waals surface area contributed by atoms with Crippen LogP contribution >= 0.6 is 11.6 Å². The molecule has 4 aromatic rings. The number of carbonyl (C=O) groups is 1. The van der Waals surface area contributed by atoms with Crippen molar-refractivity contribution in [2.24, 2.45) is 0 Å². The van der Waals surface area contributed by atoms with Gasteiger partial charge in [-0.25, -0.2) is 4.98 Å². The molecule has 36 heavy (non-hydrogen) atoms. The number of benzene rings is 2. The summed E-state index contributed by atoms with van der Waals surface area (Å²) in [5.74, 6) is -1.14. The molecular weight excluding hydrogens is 496 g/mol. The number of hydrogen-bond donors (Lipinski definition) is 4. The molecule has 0 radical (unpaired) electrons. The Morgan fingerprint density at radius 2 is 1.94 bits per heavy atom. The molecule has 0 fully saturated rings. The van der Waals surface area contributed by atoms with Crippen molar-refractivity contribution in [1.29, 1.82) is 0 Å². The average Bonchev–Trinajstić information content (AvgIpc) is 3.38. The van der Waals surface area contributed by atoms with Crippen LogP contribution in [0.15, 0.2) is 59.1 Å². The molecule has 0 spiro atoms. The van der Waals surface area contributed by atoms with Gasteiger partial charge in [-0.05, 0) is 23.8 Å². The number of carbonyl (C=O) groups excluding carboxylic acids is 1. The Balaban J connectivity index is 1.69. The summed E-state index contributed by atoms with van der Waals surface area (Å²) < 4.78 is 31.1. The molecule has 2 heterocycles. The molecule has 0 aliphatic heterocycles. The molecule has 0 saturated heterocycles. The van der Waals surface area contributed by atoms with Crippen LogP contribution in [0.5, 0.6) is 0 Å². The number of hydrogen-bond acceptors (Lipinski definition) is 9. The van der Waals surface area contributed by atoms with Gasteiger partial charge in [0.05, 0.1) is 28.8 Å². The summed E-state index contributed by atoms with van der Waals surface area (Å²) in [7, 11) is 1.50. The fourth-order valence-corrected chi connectivity index (χ4v) is 3.53. The highest BCUT2D eigenvalue weighted by Crippen LogP contribution is 2.31. The number of nitrogens with zero attached hydrogens (tertiary/aromatic N) is 4. The summed E-state index contributed by atoms with van der Waals surface area (Å²) in [5.41, 5.74) is 1.70. The van der Waals surface area contributed by atoms with Crippen LogP contribution in [0, 0.1) is 0 Å². The number of anilines is 3. The minimum Gasteiger partial charge on any atom is -0.415 e. The number of alkyl halides is 2. The van der Waals surface area contributed by atoms with Crippen LogP contribution in [0.4, 0.5) is 26.2 Å². The number of nitrogens with one attached hydrogen (secondary N) is 3. The number of aromatic nitrogens is 4. The van der Waals surface area contributed by atoms with Gasteiger partial charge in [-0.15, -0.1) is 10.2 Å². The molecule has 13 heteroatoms. The van der Waals surface area contributed by atoms with E-state index in [0.29, 0.717) is 11.3 Å². The van der Waals surface area contributed by atoms with Crippen molar-refractivity contribution in [3.63, 3.8) is 0 Å². The molecule has 2 aromatic carbocycles. The third kappa shape index (κ3) is 5.56. The third-order valence-electron chi connectivity index (χ3n) is 5.04. The summed E-state index contributed by atoms with van der Waals surface area (Å²) in [6, 6.07) is 13.2. The SMILES string of the molecule is CNC(=O)c1ccc(Nc2ncc(-c3nnc(C(F)F)o3)c(N[C@H](CO)c3ccccc3)n2)cc1Cl. The first-order valence-electron chi connectivity index (χ1n) is 10.6. The molecule has 1 amide bonds. The molecule has 2 aromatic heterocycles. The van der Waals surface area contributed by atoms with Gasteiger partial charge in [-0.3, -0.25) is 4.79 Å². The Bertz CT molecular complexity index is 1350. The standard InChI is InChI=1S/C23H20ClF2N7O3/c1-27-20(35)14-8-7-13(9-16(14)24)29-23-28-10-15(21-32-33-22(36-21)18(25)26)19(31-23)30-17(11-34)12-5-3-2-4-6-12/h2-10,17-18,34H,11H2,1H3,(H,27,35)(H2,28,29,30,31)/t17-/m1/s1. The van der Waals surface area contributed by atoms with Gasteiger partial charge in [0.15, 0.2) is 0 Å². The normalized spacial score (nSPS) is 11.8. The van der Waals surface area contributed by atoms with E-state index in [-0.39, 0.29) is 40.8 Å². The number of rotatable bonds is 9. The largest absolute Gasteiger partial charge is 0.415 e. The van der Waals surface area contributed by atoms with Crippen molar-refractivity contribution >= 4 is 35.0 Å². The van der Waals surface area contributed by atoms with E-state index in [1.165, 1.54) is 19.3 Å². The van der Waals surface area contributed by atoms with E-state index in [0.717, 1.165) is 5.56 Å². The van der Waals surface area contributed by atoms with Crippen molar-refractivity contribution in [3.8, 4) is 11.5 Å². The van der Waals surface area contributed by atoms with Gasteiger partial charge in [0.2, 0.25) is 5.95 Å². The number of aliphatic hydroxyl groups is 1. The fourth-order valence-electron chi connectivity index (χ4n) is 3.27. The van der Waals surface area contributed by atoms with Crippen LogP contribution in [0.1, 0.15) is 34.3 Å². The second-order valence-electron chi connectivity index (χ2n) is 7.39. The molecule has 4 rings (SSSR count).